The van der Waals surface area contributed by atoms with E-state index in [1.807, 2.05) is 69.6 Å². The molecule has 11 nitrogen and oxygen atoms in total. The summed E-state index contributed by atoms with van der Waals surface area (Å²) in [5.74, 6) is 1.06. The zero-order chi connectivity index (χ0) is 32.9. The number of anilines is 1. The van der Waals surface area contributed by atoms with E-state index in [0.717, 1.165) is 40.1 Å². The van der Waals surface area contributed by atoms with Gasteiger partial charge in [0.1, 0.15) is 24.7 Å². The molecule has 11 heteroatoms. The van der Waals surface area contributed by atoms with Gasteiger partial charge >= 0.3 is 0 Å². The van der Waals surface area contributed by atoms with Crippen molar-refractivity contribution in [3.63, 3.8) is 0 Å². The highest BCUT2D eigenvalue weighted by Crippen LogP contribution is 2.36. The van der Waals surface area contributed by atoms with Crippen LogP contribution in [-0.4, -0.2) is 86.7 Å². The van der Waals surface area contributed by atoms with Gasteiger partial charge in [0.05, 0.1) is 25.1 Å². The van der Waals surface area contributed by atoms with Crippen LogP contribution in [0.25, 0.3) is 22.3 Å². The molecule has 0 radical (unpaired) electrons. The second kappa shape index (κ2) is 14.3. The quantitative estimate of drug-likeness (QED) is 0.149. The van der Waals surface area contributed by atoms with Crippen LogP contribution >= 0.6 is 0 Å². The predicted molar refractivity (Wildman–Crippen MR) is 182 cm³/mol. The Balaban J connectivity index is 1.41. The number of hydrogen-bond acceptors (Lipinski definition) is 9. The van der Waals surface area contributed by atoms with Crippen molar-refractivity contribution >= 4 is 28.3 Å². The molecule has 244 valence electrons. The van der Waals surface area contributed by atoms with Gasteiger partial charge in [-0.25, -0.2) is 4.98 Å². The zero-order valence-corrected chi connectivity index (χ0v) is 26.7. The number of ether oxygens (including phenoxy) is 2. The summed E-state index contributed by atoms with van der Waals surface area (Å²) in [7, 11) is 4.04. The molecule has 1 unspecified atom stereocenters. The molecule has 3 aromatic carbocycles. The SMILES string of the molecule is CC(Nc1nc2c(ncn2[C@H]2C[C@H](O)[C@@H](CO)O2)c(=O)[nH]1)/C(=C(\c1ccccc1)c1ccc(OCCN(C)C)cc1)c1ccccc1. The van der Waals surface area contributed by atoms with Crippen LogP contribution in [0.1, 0.15) is 36.3 Å². The van der Waals surface area contributed by atoms with Crippen LogP contribution < -0.4 is 15.6 Å². The van der Waals surface area contributed by atoms with Crippen molar-refractivity contribution < 1.29 is 19.7 Å². The van der Waals surface area contributed by atoms with Gasteiger partial charge in [-0.3, -0.25) is 14.3 Å². The molecule has 4 atom stereocenters. The molecule has 0 amide bonds. The third-order valence-corrected chi connectivity index (χ3v) is 8.28. The van der Waals surface area contributed by atoms with E-state index in [-0.39, 0.29) is 30.5 Å². The van der Waals surface area contributed by atoms with E-state index >= 15 is 0 Å². The van der Waals surface area contributed by atoms with Crippen LogP contribution in [-0.2, 0) is 4.74 Å². The highest BCUT2D eigenvalue weighted by atomic mass is 16.5. The molecule has 1 fully saturated rings. The van der Waals surface area contributed by atoms with E-state index in [0.29, 0.717) is 12.3 Å². The summed E-state index contributed by atoms with van der Waals surface area (Å²) in [6.45, 7) is 3.13. The summed E-state index contributed by atoms with van der Waals surface area (Å²) >= 11 is 0. The number of hydrogen-bond donors (Lipinski definition) is 4. The fraction of sp³-hybridized carbons (Fsp3) is 0.306. The second-order valence-corrected chi connectivity index (χ2v) is 11.9. The number of fused-ring (bicyclic) bond motifs is 1. The van der Waals surface area contributed by atoms with E-state index in [4.69, 9.17) is 14.5 Å². The first-order valence-corrected chi connectivity index (χ1v) is 15.7. The molecular formula is C36H40N6O5. The Morgan fingerprint density at radius 1 is 1.04 bits per heavy atom. The number of nitrogens with zero attached hydrogens (tertiary/aromatic N) is 4. The minimum Gasteiger partial charge on any atom is -0.492 e. The number of aromatic nitrogens is 4. The molecule has 1 aliphatic rings. The van der Waals surface area contributed by atoms with Crippen molar-refractivity contribution in [2.45, 2.75) is 37.8 Å². The van der Waals surface area contributed by atoms with E-state index in [9.17, 15) is 15.0 Å². The lowest BCUT2D eigenvalue weighted by Gasteiger charge is -2.24. The summed E-state index contributed by atoms with van der Waals surface area (Å²) in [4.78, 5) is 27.1. The Morgan fingerprint density at radius 2 is 1.70 bits per heavy atom. The van der Waals surface area contributed by atoms with Crippen LogP contribution in [0.4, 0.5) is 5.95 Å². The van der Waals surface area contributed by atoms with Gasteiger partial charge in [0, 0.05) is 13.0 Å². The molecule has 2 aromatic heterocycles. The number of aliphatic hydroxyl groups excluding tert-OH is 2. The van der Waals surface area contributed by atoms with Crippen LogP contribution in [0.2, 0.25) is 0 Å². The van der Waals surface area contributed by atoms with Gasteiger partial charge in [-0.1, -0.05) is 72.8 Å². The number of rotatable bonds is 12. The normalized spacial score (nSPS) is 19.1. The Labute approximate surface area is 273 Å². The van der Waals surface area contributed by atoms with Gasteiger partial charge in [0.2, 0.25) is 5.95 Å². The van der Waals surface area contributed by atoms with Gasteiger partial charge in [0.15, 0.2) is 11.2 Å². The number of benzene rings is 3. The average Bonchev–Trinajstić information content (AvgIpc) is 3.67. The highest BCUT2D eigenvalue weighted by molar-refractivity contribution is 6.00. The zero-order valence-electron chi connectivity index (χ0n) is 26.7. The Hall–Kier alpha value is -4.81. The third kappa shape index (κ3) is 7.13. The Morgan fingerprint density at radius 3 is 2.34 bits per heavy atom. The van der Waals surface area contributed by atoms with E-state index in [1.54, 1.807) is 4.57 Å². The van der Waals surface area contributed by atoms with E-state index in [2.05, 4.69) is 56.6 Å². The number of nitrogens with one attached hydrogen (secondary N) is 2. The first kappa shape index (κ1) is 32.1. The third-order valence-electron chi connectivity index (χ3n) is 8.28. The molecular weight excluding hydrogens is 596 g/mol. The molecule has 0 aliphatic carbocycles. The maximum atomic E-state index is 13.2. The molecule has 3 heterocycles. The van der Waals surface area contributed by atoms with Crippen molar-refractivity contribution in [1.82, 2.24) is 24.4 Å². The van der Waals surface area contributed by atoms with Crippen molar-refractivity contribution in [2.24, 2.45) is 0 Å². The van der Waals surface area contributed by atoms with Crippen LogP contribution in [0, 0.1) is 0 Å². The Bertz CT molecular complexity index is 1870. The highest BCUT2D eigenvalue weighted by Gasteiger charge is 2.35. The lowest BCUT2D eigenvalue weighted by Crippen LogP contribution is -2.24. The van der Waals surface area contributed by atoms with Crippen molar-refractivity contribution in [2.75, 3.05) is 39.2 Å². The standard InChI is InChI=1S/C36H40N6O5/c1-23(38-36-39-34-33(35(45)40-36)37-22-42(34)30-20-28(44)29(21-43)47-30)31(24-10-6-4-7-11-24)32(25-12-8-5-9-13-25)26-14-16-27(17-15-26)46-19-18-41(2)3/h4-17,22-23,28-30,43-44H,18-21H2,1-3H3,(H2,38,39,40,45)/b32-31-/t23?,28-,29+,30+/m0/s1. The summed E-state index contributed by atoms with van der Waals surface area (Å²) < 4.78 is 13.4. The maximum absolute atomic E-state index is 13.2. The van der Waals surface area contributed by atoms with Crippen molar-refractivity contribution in [1.29, 1.82) is 0 Å². The smallest absolute Gasteiger partial charge is 0.280 e. The average molecular weight is 637 g/mol. The number of aliphatic hydroxyl groups is 2. The van der Waals surface area contributed by atoms with Gasteiger partial charge in [-0.05, 0) is 61.0 Å². The molecule has 47 heavy (non-hydrogen) atoms. The lowest BCUT2D eigenvalue weighted by molar-refractivity contribution is -0.0432. The summed E-state index contributed by atoms with van der Waals surface area (Å²) in [5.41, 5.74) is 5.15. The van der Waals surface area contributed by atoms with Crippen molar-refractivity contribution in [3.8, 4) is 5.75 Å². The number of likely N-dealkylation sites (N-methyl/N-ethyl adjacent to an activating group) is 1. The van der Waals surface area contributed by atoms with Gasteiger partial charge in [-0.2, -0.15) is 4.98 Å². The minimum atomic E-state index is -0.837. The lowest BCUT2D eigenvalue weighted by atomic mass is 9.86. The molecule has 1 aliphatic heterocycles. The molecule has 6 rings (SSSR count). The van der Waals surface area contributed by atoms with Crippen LogP contribution in [0.3, 0.4) is 0 Å². The monoisotopic (exact) mass is 636 g/mol. The fourth-order valence-electron chi connectivity index (χ4n) is 5.91. The first-order valence-electron chi connectivity index (χ1n) is 15.7. The largest absolute Gasteiger partial charge is 0.492 e. The molecule has 5 aromatic rings. The van der Waals surface area contributed by atoms with Gasteiger partial charge in [0.25, 0.3) is 5.56 Å². The topological polar surface area (TPSA) is 138 Å². The molecule has 1 saturated heterocycles. The summed E-state index contributed by atoms with van der Waals surface area (Å²) in [6, 6.07) is 28.2. The van der Waals surface area contributed by atoms with Crippen molar-refractivity contribution in [3.05, 3.63) is 118 Å². The number of aromatic amines is 1. The summed E-state index contributed by atoms with van der Waals surface area (Å²) in [6.07, 6.45) is -0.452. The van der Waals surface area contributed by atoms with E-state index in [1.165, 1.54) is 6.33 Å². The van der Waals surface area contributed by atoms with E-state index < -0.39 is 24.0 Å². The summed E-state index contributed by atoms with van der Waals surface area (Å²) in [5, 5.41) is 23.3. The second-order valence-electron chi connectivity index (χ2n) is 11.9. The first-order chi connectivity index (χ1) is 22.8. The number of imidazole rings is 1. The van der Waals surface area contributed by atoms with Gasteiger partial charge in [-0.15, -0.1) is 0 Å². The van der Waals surface area contributed by atoms with Crippen LogP contribution in [0.15, 0.2) is 96.1 Å². The van der Waals surface area contributed by atoms with Crippen LogP contribution in [0.5, 0.6) is 5.75 Å². The number of H-pyrrole nitrogens is 1. The Kier molecular flexibility index (Phi) is 9.79. The molecule has 4 N–H and O–H groups in total. The maximum Gasteiger partial charge on any atom is 0.280 e. The molecule has 0 saturated carbocycles. The van der Waals surface area contributed by atoms with Gasteiger partial charge < -0.3 is 29.9 Å². The molecule has 0 spiro atoms. The fourth-order valence-corrected chi connectivity index (χ4v) is 5.91. The minimum absolute atomic E-state index is 0.158. The molecule has 0 bridgehead atoms. The predicted octanol–water partition coefficient (Wildman–Crippen LogP) is 4.16.